The van der Waals surface area contributed by atoms with Crippen molar-refractivity contribution in [2.75, 3.05) is 10.2 Å². The van der Waals surface area contributed by atoms with Gasteiger partial charge in [0.05, 0.1) is 35.1 Å². The molecule has 0 saturated heterocycles. The number of carbonyl (C=O) groups is 2. The first-order valence-electron chi connectivity index (χ1n) is 13.9. The van der Waals surface area contributed by atoms with Gasteiger partial charge in [0.2, 0.25) is 0 Å². The number of nitrogens with one attached hydrogen (secondary N) is 1. The Bertz CT molecular complexity index is 2100. The third kappa shape index (κ3) is 4.62. The number of hydrogen-bond acceptors (Lipinski definition) is 5. The molecule has 7 rings (SSSR count). The van der Waals surface area contributed by atoms with Gasteiger partial charge >= 0.3 is 0 Å². The number of anilines is 2. The zero-order valence-electron chi connectivity index (χ0n) is 23.2. The van der Waals surface area contributed by atoms with E-state index in [9.17, 15) is 14.4 Å². The van der Waals surface area contributed by atoms with Crippen LogP contribution in [0, 0.1) is 0 Å². The molecule has 43 heavy (non-hydrogen) atoms. The van der Waals surface area contributed by atoms with Crippen molar-refractivity contribution in [1.82, 2.24) is 4.57 Å². The number of thiazole rings is 1. The minimum Gasteiger partial charge on any atom is -0.322 e. The van der Waals surface area contributed by atoms with Crippen LogP contribution in [-0.4, -0.2) is 16.4 Å². The van der Waals surface area contributed by atoms with Crippen LogP contribution in [0.4, 0.5) is 11.4 Å². The normalized spacial score (nSPS) is 16.9. The Kier molecular flexibility index (Phi) is 6.68. The molecule has 1 N–H and O–H groups in total. The lowest BCUT2D eigenvalue weighted by Crippen LogP contribution is -2.41. The van der Waals surface area contributed by atoms with E-state index in [1.807, 2.05) is 115 Å². The van der Waals surface area contributed by atoms with Crippen molar-refractivity contribution < 1.29 is 9.59 Å². The molecule has 1 atom stereocenters. The Morgan fingerprint density at radius 3 is 2.19 bits per heavy atom. The topological polar surface area (TPSA) is 83.8 Å². The predicted octanol–water partition coefficient (Wildman–Crippen LogP) is 4.79. The van der Waals surface area contributed by atoms with E-state index in [-0.39, 0.29) is 17.4 Å². The van der Waals surface area contributed by atoms with Gasteiger partial charge in [0, 0.05) is 11.3 Å². The highest BCUT2D eigenvalue weighted by molar-refractivity contribution is 7.07. The van der Waals surface area contributed by atoms with Crippen molar-refractivity contribution in [3.05, 3.63) is 163 Å². The molecule has 7 nitrogen and oxygen atoms in total. The Morgan fingerprint density at radius 2 is 1.47 bits per heavy atom. The number of carbonyl (C=O) groups excluding carboxylic acids is 2. The number of benzene rings is 4. The van der Waals surface area contributed by atoms with E-state index in [0.29, 0.717) is 44.0 Å². The number of hydrogen-bond donors (Lipinski definition) is 1. The van der Waals surface area contributed by atoms with Crippen molar-refractivity contribution >= 4 is 40.1 Å². The first kappa shape index (κ1) is 26.6. The maximum absolute atomic E-state index is 14.4. The third-order valence-electron chi connectivity index (χ3n) is 7.72. The van der Waals surface area contributed by atoms with Crippen molar-refractivity contribution in [3.8, 4) is 0 Å². The van der Waals surface area contributed by atoms with E-state index in [4.69, 9.17) is 4.99 Å². The number of allylic oxidation sites excluding steroid dienone is 1. The zero-order valence-corrected chi connectivity index (χ0v) is 24.0. The number of fused-ring (bicyclic) bond motifs is 2. The maximum atomic E-state index is 14.4. The maximum Gasteiger partial charge on any atom is 0.271 e. The fraction of sp³-hybridized carbons (Fsp3) is 0.0857. The molecule has 210 valence electrons. The molecule has 0 bridgehead atoms. The number of amides is 2. The van der Waals surface area contributed by atoms with Crippen LogP contribution in [0.5, 0.6) is 0 Å². The van der Waals surface area contributed by atoms with E-state index in [1.165, 1.54) is 11.3 Å². The summed E-state index contributed by atoms with van der Waals surface area (Å²) in [5.41, 5.74) is 4.78. The average molecular weight is 583 g/mol. The van der Waals surface area contributed by atoms with Gasteiger partial charge in [0.25, 0.3) is 17.4 Å². The summed E-state index contributed by atoms with van der Waals surface area (Å²) in [6.45, 7) is 2.17. The van der Waals surface area contributed by atoms with Crippen LogP contribution < -0.4 is 25.1 Å². The second-order valence-corrected chi connectivity index (χ2v) is 11.4. The fourth-order valence-electron chi connectivity index (χ4n) is 5.76. The molecule has 8 heteroatoms. The fourth-order valence-corrected chi connectivity index (χ4v) is 6.89. The number of nitrogens with zero attached hydrogens (tertiary/aromatic N) is 3. The summed E-state index contributed by atoms with van der Waals surface area (Å²) in [4.78, 5) is 49.2. The SMILES string of the molecule is CC1=C(C(=O)Nc2ccccc2)[C@H](c2ccccc2)n2c(s/c(=C3\C(=O)N(Cc4ccccc4)c4ccccc43)c2=O)=N1. The van der Waals surface area contributed by atoms with E-state index in [1.54, 1.807) is 16.4 Å². The third-order valence-corrected chi connectivity index (χ3v) is 8.78. The summed E-state index contributed by atoms with van der Waals surface area (Å²) < 4.78 is 1.87. The standard InChI is InChI=1S/C35H26N4O3S/c1-22-28(32(40)37-25-17-9-4-10-18-25)30(24-15-7-3-8-16-24)39-34(42)31(43-35(39)36-22)29-26-19-11-12-20-27(26)38(33(29)41)21-23-13-5-2-6-14-23/h2-20,30H,21H2,1H3,(H,37,40)/b31-29-/t30-/m0/s1. The minimum absolute atomic E-state index is 0.232. The van der Waals surface area contributed by atoms with Crippen molar-refractivity contribution in [2.24, 2.45) is 4.99 Å². The Labute approximate surface area is 251 Å². The molecule has 4 aromatic carbocycles. The lowest BCUT2D eigenvalue weighted by Gasteiger charge is -2.25. The molecule has 5 aromatic rings. The Morgan fingerprint density at radius 1 is 0.837 bits per heavy atom. The van der Waals surface area contributed by atoms with Gasteiger partial charge in [-0.15, -0.1) is 0 Å². The van der Waals surface area contributed by atoms with Crippen LogP contribution in [0.3, 0.4) is 0 Å². The predicted molar refractivity (Wildman–Crippen MR) is 168 cm³/mol. The molecule has 0 saturated carbocycles. The number of para-hydroxylation sites is 2. The number of rotatable bonds is 5. The lowest BCUT2D eigenvalue weighted by molar-refractivity contribution is -0.114. The van der Waals surface area contributed by atoms with Gasteiger partial charge < -0.3 is 10.2 Å². The Hall–Kier alpha value is -5.34. The average Bonchev–Trinajstić information content (AvgIpc) is 3.49. The van der Waals surface area contributed by atoms with Crippen LogP contribution in [0.2, 0.25) is 0 Å². The van der Waals surface area contributed by atoms with Crippen LogP contribution in [-0.2, 0) is 16.1 Å². The summed E-state index contributed by atoms with van der Waals surface area (Å²) >= 11 is 1.19. The van der Waals surface area contributed by atoms with E-state index in [2.05, 4.69) is 5.32 Å². The molecule has 2 aliphatic rings. The van der Waals surface area contributed by atoms with Gasteiger partial charge in [-0.2, -0.15) is 0 Å². The van der Waals surface area contributed by atoms with Gasteiger partial charge in [0.15, 0.2) is 4.80 Å². The highest BCUT2D eigenvalue weighted by Crippen LogP contribution is 2.36. The molecule has 0 unspecified atom stereocenters. The first-order chi connectivity index (χ1) is 21.0. The molecular formula is C35H26N4O3S. The largest absolute Gasteiger partial charge is 0.322 e. The molecule has 0 fully saturated rings. The molecule has 0 spiro atoms. The highest BCUT2D eigenvalue weighted by atomic mass is 32.1. The Balaban J connectivity index is 1.41. The molecule has 2 amide bonds. The van der Waals surface area contributed by atoms with Gasteiger partial charge in [-0.25, -0.2) is 4.99 Å². The first-order valence-corrected chi connectivity index (χ1v) is 14.7. The monoisotopic (exact) mass is 582 g/mol. The van der Waals surface area contributed by atoms with Gasteiger partial charge in [-0.05, 0) is 36.2 Å². The van der Waals surface area contributed by atoms with E-state index in [0.717, 1.165) is 16.8 Å². The van der Waals surface area contributed by atoms with E-state index < -0.39 is 6.04 Å². The van der Waals surface area contributed by atoms with Gasteiger partial charge in [-0.3, -0.25) is 19.0 Å². The summed E-state index contributed by atoms with van der Waals surface area (Å²) in [5.74, 6) is -0.570. The smallest absolute Gasteiger partial charge is 0.271 e. The van der Waals surface area contributed by atoms with Crippen molar-refractivity contribution in [1.29, 1.82) is 0 Å². The van der Waals surface area contributed by atoms with Crippen molar-refractivity contribution in [2.45, 2.75) is 19.5 Å². The summed E-state index contributed by atoms with van der Waals surface area (Å²) in [6.07, 6.45) is 0. The zero-order chi connectivity index (χ0) is 29.5. The van der Waals surface area contributed by atoms with Crippen LogP contribution in [0.15, 0.2) is 136 Å². The molecule has 1 aromatic heterocycles. The molecular weight excluding hydrogens is 556 g/mol. The van der Waals surface area contributed by atoms with Gasteiger partial charge in [0.1, 0.15) is 4.53 Å². The van der Waals surface area contributed by atoms with E-state index >= 15 is 0 Å². The summed E-state index contributed by atoms with van der Waals surface area (Å²) in [6, 6.07) is 35.3. The van der Waals surface area contributed by atoms with Crippen LogP contribution in [0.1, 0.15) is 29.7 Å². The number of aromatic nitrogens is 1. The molecule has 2 aliphatic heterocycles. The molecule has 3 heterocycles. The second-order valence-electron chi connectivity index (χ2n) is 10.4. The lowest BCUT2D eigenvalue weighted by atomic mass is 9.95. The second kappa shape index (κ2) is 10.8. The van der Waals surface area contributed by atoms with Crippen LogP contribution >= 0.6 is 11.3 Å². The summed E-state index contributed by atoms with van der Waals surface area (Å²) in [5, 5.41) is 2.97. The summed E-state index contributed by atoms with van der Waals surface area (Å²) in [7, 11) is 0. The quantitative estimate of drug-likeness (QED) is 0.324. The molecule has 0 aliphatic carbocycles. The highest BCUT2D eigenvalue weighted by Gasteiger charge is 2.37. The minimum atomic E-state index is -0.720. The van der Waals surface area contributed by atoms with Crippen molar-refractivity contribution in [3.63, 3.8) is 0 Å². The van der Waals surface area contributed by atoms with Gasteiger partial charge in [-0.1, -0.05) is 108 Å². The molecule has 0 radical (unpaired) electrons. The van der Waals surface area contributed by atoms with Crippen LogP contribution in [0.25, 0.3) is 5.57 Å².